The second-order valence-electron chi connectivity index (χ2n) is 4.58. The Balaban J connectivity index is 2.61. The maximum Gasteiger partial charge on any atom is 0.267 e. The molecular formula is C14H15ClFNO3S. The van der Waals surface area contributed by atoms with E-state index in [9.17, 15) is 12.8 Å². The Labute approximate surface area is 128 Å². The summed E-state index contributed by atoms with van der Waals surface area (Å²) in [4.78, 5) is 0.000697. The molecule has 0 saturated carbocycles. The van der Waals surface area contributed by atoms with E-state index in [1.165, 1.54) is 25.2 Å². The normalized spacial score (nSPS) is 11.7. The summed E-state index contributed by atoms with van der Waals surface area (Å²) < 4.78 is 45.6. The SMILES string of the molecule is Cc1oc(C)c(S(=O)(=O)N(C)c2ccccc2F)c1CCl. The van der Waals surface area contributed by atoms with Gasteiger partial charge in [-0.05, 0) is 26.0 Å². The van der Waals surface area contributed by atoms with Gasteiger partial charge in [0.05, 0.1) is 11.6 Å². The first kappa shape index (κ1) is 15.9. The molecule has 0 atom stereocenters. The third-order valence-electron chi connectivity index (χ3n) is 3.27. The largest absolute Gasteiger partial charge is 0.465 e. The third-order valence-corrected chi connectivity index (χ3v) is 5.50. The predicted molar refractivity (Wildman–Crippen MR) is 79.7 cm³/mol. The van der Waals surface area contributed by atoms with Crippen molar-refractivity contribution in [3.05, 3.63) is 47.2 Å². The summed E-state index contributed by atoms with van der Waals surface area (Å²) in [7, 11) is -2.65. The second kappa shape index (κ2) is 5.69. The molecule has 1 aromatic carbocycles. The summed E-state index contributed by atoms with van der Waals surface area (Å²) in [5.41, 5.74) is 0.369. The van der Waals surface area contributed by atoms with Crippen LogP contribution < -0.4 is 4.31 Å². The van der Waals surface area contributed by atoms with Crippen LogP contribution in [0.1, 0.15) is 17.1 Å². The van der Waals surface area contributed by atoms with Crippen LogP contribution in [0.4, 0.5) is 10.1 Å². The molecule has 0 fully saturated rings. The van der Waals surface area contributed by atoms with Gasteiger partial charge in [-0.2, -0.15) is 0 Å². The van der Waals surface area contributed by atoms with E-state index in [4.69, 9.17) is 16.0 Å². The van der Waals surface area contributed by atoms with E-state index < -0.39 is 15.8 Å². The number of furan rings is 1. The van der Waals surface area contributed by atoms with Crippen molar-refractivity contribution in [3.8, 4) is 0 Å². The highest BCUT2D eigenvalue weighted by molar-refractivity contribution is 7.92. The van der Waals surface area contributed by atoms with E-state index in [0.29, 0.717) is 11.3 Å². The number of para-hydroxylation sites is 1. The smallest absolute Gasteiger partial charge is 0.267 e. The van der Waals surface area contributed by atoms with Crippen molar-refractivity contribution in [1.82, 2.24) is 0 Å². The summed E-state index contributed by atoms with van der Waals surface area (Å²) >= 11 is 5.82. The van der Waals surface area contributed by atoms with Gasteiger partial charge in [0.1, 0.15) is 22.2 Å². The summed E-state index contributed by atoms with van der Waals surface area (Å²) in [5, 5.41) is 0. The quantitative estimate of drug-likeness (QED) is 0.804. The van der Waals surface area contributed by atoms with Crippen molar-refractivity contribution in [1.29, 1.82) is 0 Å². The van der Waals surface area contributed by atoms with Crippen molar-refractivity contribution < 1.29 is 17.2 Å². The Bertz CT molecular complexity index is 771. The number of anilines is 1. The lowest BCUT2D eigenvalue weighted by Gasteiger charge is -2.20. The Morgan fingerprint density at radius 3 is 2.43 bits per heavy atom. The van der Waals surface area contributed by atoms with E-state index in [0.717, 1.165) is 4.31 Å². The molecule has 7 heteroatoms. The van der Waals surface area contributed by atoms with Gasteiger partial charge in [-0.25, -0.2) is 12.8 Å². The first-order valence-corrected chi connectivity index (χ1v) is 8.16. The van der Waals surface area contributed by atoms with Crippen LogP contribution in [0.5, 0.6) is 0 Å². The van der Waals surface area contributed by atoms with Crippen LogP contribution >= 0.6 is 11.6 Å². The maximum absolute atomic E-state index is 13.8. The number of halogens is 2. The molecule has 0 radical (unpaired) electrons. The molecule has 0 bridgehead atoms. The molecule has 0 saturated heterocycles. The van der Waals surface area contributed by atoms with Gasteiger partial charge in [-0.15, -0.1) is 11.6 Å². The van der Waals surface area contributed by atoms with Gasteiger partial charge >= 0.3 is 0 Å². The van der Waals surface area contributed by atoms with E-state index in [2.05, 4.69) is 0 Å². The van der Waals surface area contributed by atoms with Crippen LogP contribution in [-0.4, -0.2) is 15.5 Å². The van der Waals surface area contributed by atoms with Crippen LogP contribution in [0.15, 0.2) is 33.6 Å². The van der Waals surface area contributed by atoms with Gasteiger partial charge in [0, 0.05) is 12.6 Å². The molecule has 0 spiro atoms. The first-order chi connectivity index (χ1) is 9.80. The topological polar surface area (TPSA) is 50.5 Å². The fraction of sp³-hybridized carbons (Fsp3) is 0.286. The highest BCUT2D eigenvalue weighted by atomic mass is 35.5. The molecule has 2 rings (SSSR count). The number of hydrogen-bond donors (Lipinski definition) is 0. The summed E-state index contributed by atoms with van der Waals surface area (Å²) in [6.07, 6.45) is 0. The Morgan fingerprint density at radius 2 is 1.86 bits per heavy atom. The molecule has 1 heterocycles. The standard InChI is InChI=1S/C14H15ClFNO3S/c1-9-11(8-15)14(10(2)20-9)21(18,19)17(3)13-7-5-4-6-12(13)16/h4-7H,8H2,1-3H3. The van der Waals surface area contributed by atoms with E-state index in [-0.39, 0.29) is 22.2 Å². The van der Waals surface area contributed by atoms with Crippen molar-refractivity contribution in [3.63, 3.8) is 0 Å². The number of alkyl halides is 1. The second-order valence-corrected chi connectivity index (χ2v) is 6.75. The highest BCUT2D eigenvalue weighted by Crippen LogP contribution is 2.32. The molecule has 0 aliphatic rings. The number of rotatable bonds is 4. The predicted octanol–water partition coefficient (Wildman–Crippen LogP) is 3.60. The number of aryl methyl sites for hydroxylation is 2. The monoisotopic (exact) mass is 331 g/mol. The molecular weight excluding hydrogens is 317 g/mol. The minimum atomic E-state index is -3.95. The number of benzene rings is 1. The number of hydrogen-bond acceptors (Lipinski definition) is 3. The fourth-order valence-corrected chi connectivity index (χ4v) is 4.19. The first-order valence-electron chi connectivity index (χ1n) is 6.19. The van der Waals surface area contributed by atoms with Crippen molar-refractivity contribution in [2.24, 2.45) is 0 Å². The van der Waals surface area contributed by atoms with E-state index >= 15 is 0 Å². The molecule has 2 aromatic rings. The van der Waals surface area contributed by atoms with Gasteiger partial charge in [-0.1, -0.05) is 12.1 Å². The Kier molecular flexibility index (Phi) is 4.30. The Hall–Kier alpha value is -1.53. The molecule has 1 aromatic heterocycles. The average molecular weight is 332 g/mol. The lowest BCUT2D eigenvalue weighted by Crippen LogP contribution is -2.28. The molecule has 0 N–H and O–H groups in total. The van der Waals surface area contributed by atoms with Crippen LogP contribution in [0.3, 0.4) is 0 Å². The maximum atomic E-state index is 13.8. The van der Waals surface area contributed by atoms with Gasteiger partial charge in [0.2, 0.25) is 0 Å². The molecule has 0 aliphatic heterocycles. The summed E-state index contributed by atoms with van der Waals surface area (Å²) in [5.74, 6) is 0.0752. The zero-order valence-corrected chi connectivity index (χ0v) is 13.4. The summed E-state index contributed by atoms with van der Waals surface area (Å²) in [6, 6.07) is 5.67. The summed E-state index contributed by atoms with van der Waals surface area (Å²) in [6.45, 7) is 3.19. The molecule has 114 valence electrons. The minimum absolute atomic E-state index is 0.000697. The number of sulfonamides is 1. The van der Waals surface area contributed by atoms with Gasteiger partial charge < -0.3 is 4.42 Å². The molecule has 4 nitrogen and oxygen atoms in total. The van der Waals surface area contributed by atoms with Crippen molar-refractivity contribution in [2.75, 3.05) is 11.4 Å². The fourth-order valence-electron chi connectivity index (χ4n) is 2.18. The average Bonchev–Trinajstić information content (AvgIpc) is 2.73. The zero-order chi connectivity index (χ0) is 15.8. The zero-order valence-electron chi connectivity index (χ0n) is 11.9. The van der Waals surface area contributed by atoms with Crippen molar-refractivity contribution >= 4 is 27.3 Å². The van der Waals surface area contributed by atoms with Crippen LogP contribution in [0.25, 0.3) is 0 Å². The van der Waals surface area contributed by atoms with Crippen LogP contribution in [0, 0.1) is 19.7 Å². The highest BCUT2D eigenvalue weighted by Gasteiger charge is 2.31. The van der Waals surface area contributed by atoms with Gasteiger partial charge in [-0.3, -0.25) is 4.31 Å². The molecule has 0 amide bonds. The van der Waals surface area contributed by atoms with Crippen LogP contribution in [-0.2, 0) is 15.9 Å². The van der Waals surface area contributed by atoms with E-state index in [1.54, 1.807) is 19.9 Å². The molecule has 0 unspecified atom stereocenters. The van der Waals surface area contributed by atoms with Crippen LogP contribution in [0.2, 0.25) is 0 Å². The van der Waals surface area contributed by atoms with Gasteiger partial charge in [0.15, 0.2) is 0 Å². The molecule has 21 heavy (non-hydrogen) atoms. The third kappa shape index (κ3) is 2.65. The Morgan fingerprint density at radius 1 is 1.24 bits per heavy atom. The number of nitrogens with zero attached hydrogens (tertiary/aromatic N) is 1. The minimum Gasteiger partial charge on any atom is -0.465 e. The van der Waals surface area contributed by atoms with Gasteiger partial charge in [0.25, 0.3) is 10.0 Å². The molecule has 0 aliphatic carbocycles. The lowest BCUT2D eigenvalue weighted by molar-refractivity contribution is 0.495. The van der Waals surface area contributed by atoms with E-state index in [1.807, 2.05) is 0 Å². The lowest BCUT2D eigenvalue weighted by atomic mass is 10.3. The van der Waals surface area contributed by atoms with Crippen molar-refractivity contribution in [2.45, 2.75) is 24.6 Å².